The normalized spacial score (nSPS) is 11.9. The minimum Gasteiger partial charge on any atom is -0.484 e. The number of benzene rings is 1. The van der Waals surface area contributed by atoms with Crippen LogP contribution in [0.15, 0.2) is 30.3 Å². The highest BCUT2D eigenvalue weighted by Crippen LogP contribution is 2.07. The number of para-hydroxylation sites is 1. The summed E-state index contributed by atoms with van der Waals surface area (Å²) in [5, 5.41) is 11.5. The molecule has 0 spiro atoms. The maximum absolute atomic E-state index is 11.2. The van der Waals surface area contributed by atoms with Crippen LogP contribution in [0.1, 0.15) is 6.92 Å². The van der Waals surface area contributed by atoms with Crippen molar-refractivity contribution in [3.63, 3.8) is 0 Å². The highest BCUT2D eigenvalue weighted by molar-refractivity contribution is 5.77. The van der Waals surface area contributed by atoms with Crippen LogP contribution in [-0.2, 0) is 4.79 Å². The van der Waals surface area contributed by atoms with E-state index in [1.54, 1.807) is 19.1 Å². The van der Waals surface area contributed by atoms with Crippen molar-refractivity contribution in [3.05, 3.63) is 30.3 Å². The Kier molecular flexibility index (Phi) is 4.63. The smallest absolute Gasteiger partial charge is 0.258 e. The van der Waals surface area contributed by atoms with Crippen LogP contribution in [0.3, 0.4) is 0 Å². The van der Waals surface area contributed by atoms with Gasteiger partial charge in [0.05, 0.1) is 6.10 Å². The minimum atomic E-state index is -0.536. The van der Waals surface area contributed by atoms with Crippen LogP contribution in [0.2, 0.25) is 0 Å². The quantitative estimate of drug-likeness (QED) is 0.745. The number of aliphatic hydroxyl groups excluding tert-OH is 1. The van der Waals surface area contributed by atoms with E-state index in [-0.39, 0.29) is 19.1 Å². The monoisotopic (exact) mass is 209 g/mol. The molecule has 0 aliphatic carbocycles. The van der Waals surface area contributed by atoms with Gasteiger partial charge in [-0.05, 0) is 19.1 Å². The summed E-state index contributed by atoms with van der Waals surface area (Å²) < 4.78 is 5.21. The molecule has 0 aliphatic heterocycles. The number of nitrogens with one attached hydrogen (secondary N) is 1. The maximum atomic E-state index is 11.2. The zero-order valence-electron chi connectivity index (χ0n) is 8.64. The first-order chi connectivity index (χ1) is 7.18. The predicted molar refractivity (Wildman–Crippen MR) is 56.6 cm³/mol. The van der Waals surface area contributed by atoms with Crippen molar-refractivity contribution in [3.8, 4) is 5.75 Å². The third-order valence-corrected chi connectivity index (χ3v) is 1.71. The largest absolute Gasteiger partial charge is 0.484 e. The fourth-order valence-electron chi connectivity index (χ4n) is 0.978. The average Bonchev–Trinajstić information content (AvgIpc) is 2.25. The van der Waals surface area contributed by atoms with E-state index in [0.29, 0.717) is 5.75 Å². The van der Waals surface area contributed by atoms with Crippen LogP contribution < -0.4 is 10.1 Å². The van der Waals surface area contributed by atoms with Crippen molar-refractivity contribution in [1.29, 1.82) is 0 Å². The molecular weight excluding hydrogens is 194 g/mol. The summed E-state index contributed by atoms with van der Waals surface area (Å²) in [6.45, 7) is 1.83. The Labute approximate surface area is 88.9 Å². The summed E-state index contributed by atoms with van der Waals surface area (Å²) in [5.41, 5.74) is 0. The molecule has 0 bridgehead atoms. The van der Waals surface area contributed by atoms with E-state index in [9.17, 15) is 4.79 Å². The lowest BCUT2D eigenvalue weighted by atomic mass is 10.3. The SMILES string of the molecule is CC(O)CNC(=O)COc1ccccc1. The Bertz CT molecular complexity index is 298. The Morgan fingerprint density at radius 3 is 2.73 bits per heavy atom. The van der Waals surface area contributed by atoms with Crippen LogP contribution in [0.4, 0.5) is 0 Å². The second kappa shape index (κ2) is 6.03. The second-order valence-electron chi connectivity index (χ2n) is 3.25. The van der Waals surface area contributed by atoms with Gasteiger partial charge in [-0.25, -0.2) is 0 Å². The highest BCUT2D eigenvalue weighted by atomic mass is 16.5. The lowest BCUT2D eigenvalue weighted by molar-refractivity contribution is -0.123. The summed E-state index contributed by atoms with van der Waals surface area (Å²) in [5.74, 6) is 0.421. The van der Waals surface area contributed by atoms with Crippen molar-refractivity contribution in [2.75, 3.05) is 13.2 Å². The number of carbonyl (C=O) groups excluding carboxylic acids is 1. The fourth-order valence-corrected chi connectivity index (χ4v) is 0.978. The summed E-state index contributed by atoms with van der Waals surface area (Å²) in [6, 6.07) is 9.11. The predicted octanol–water partition coefficient (Wildman–Crippen LogP) is 0.562. The summed E-state index contributed by atoms with van der Waals surface area (Å²) >= 11 is 0. The van der Waals surface area contributed by atoms with Gasteiger partial charge in [-0.15, -0.1) is 0 Å². The minimum absolute atomic E-state index is 0.0310. The van der Waals surface area contributed by atoms with Gasteiger partial charge in [0.15, 0.2) is 6.61 Å². The zero-order chi connectivity index (χ0) is 11.1. The van der Waals surface area contributed by atoms with E-state index in [2.05, 4.69) is 5.32 Å². The van der Waals surface area contributed by atoms with Gasteiger partial charge in [0, 0.05) is 6.54 Å². The van der Waals surface area contributed by atoms with Crippen LogP contribution in [-0.4, -0.2) is 30.3 Å². The molecule has 0 saturated carbocycles. The average molecular weight is 209 g/mol. The molecule has 4 nitrogen and oxygen atoms in total. The van der Waals surface area contributed by atoms with E-state index >= 15 is 0 Å². The first-order valence-corrected chi connectivity index (χ1v) is 4.81. The number of ether oxygens (including phenoxy) is 1. The molecule has 2 N–H and O–H groups in total. The van der Waals surface area contributed by atoms with E-state index in [1.165, 1.54) is 0 Å². The number of rotatable bonds is 5. The Balaban J connectivity index is 2.23. The molecule has 1 aromatic rings. The summed E-state index contributed by atoms with van der Waals surface area (Å²) in [7, 11) is 0. The number of carbonyl (C=O) groups is 1. The summed E-state index contributed by atoms with van der Waals surface area (Å²) in [4.78, 5) is 11.2. The first kappa shape index (κ1) is 11.5. The summed E-state index contributed by atoms with van der Waals surface area (Å²) in [6.07, 6.45) is -0.536. The zero-order valence-corrected chi connectivity index (χ0v) is 8.64. The molecule has 1 rings (SSSR count). The van der Waals surface area contributed by atoms with Gasteiger partial charge in [0.1, 0.15) is 5.75 Å². The molecule has 4 heteroatoms. The number of aliphatic hydroxyl groups is 1. The van der Waals surface area contributed by atoms with E-state index in [0.717, 1.165) is 0 Å². The van der Waals surface area contributed by atoms with Crippen LogP contribution in [0, 0.1) is 0 Å². The standard InChI is InChI=1S/C11H15NO3/c1-9(13)7-12-11(14)8-15-10-5-3-2-4-6-10/h2-6,9,13H,7-8H2,1H3,(H,12,14). The second-order valence-corrected chi connectivity index (χ2v) is 3.25. The molecule has 0 heterocycles. The number of amides is 1. The molecule has 82 valence electrons. The fraction of sp³-hybridized carbons (Fsp3) is 0.364. The van der Waals surface area contributed by atoms with Crippen molar-refractivity contribution in [1.82, 2.24) is 5.32 Å². The molecule has 15 heavy (non-hydrogen) atoms. The van der Waals surface area contributed by atoms with Gasteiger partial charge < -0.3 is 15.2 Å². The molecule has 1 aromatic carbocycles. The van der Waals surface area contributed by atoms with Crippen molar-refractivity contribution < 1.29 is 14.6 Å². The van der Waals surface area contributed by atoms with Gasteiger partial charge in [-0.2, -0.15) is 0 Å². The van der Waals surface area contributed by atoms with Gasteiger partial charge in [-0.3, -0.25) is 4.79 Å². The Morgan fingerprint density at radius 1 is 1.47 bits per heavy atom. The maximum Gasteiger partial charge on any atom is 0.258 e. The molecule has 1 atom stereocenters. The molecule has 0 radical (unpaired) electrons. The molecule has 0 saturated heterocycles. The van der Waals surface area contributed by atoms with Crippen LogP contribution in [0.5, 0.6) is 5.75 Å². The van der Waals surface area contributed by atoms with Crippen LogP contribution >= 0.6 is 0 Å². The third-order valence-electron chi connectivity index (χ3n) is 1.71. The van der Waals surface area contributed by atoms with E-state index in [1.807, 2.05) is 18.2 Å². The molecular formula is C11H15NO3. The number of hydrogen-bond acceptors (Lipinski definition) is 3. The van der Waals surface area contributed by atoms with Crippen molar-refractivity contribution in [2.45, 2.75) is 13.0 Å². The van der Waals surface area contributed by atoms with Gasteiger partial charge in [0.25, 0.3) is 5.91 Å². The van der Waals surface area contributed by atoms with E-state index in [4.69, 9.17) is 9.84 Å². The molecule has 1 amide bonds. The van der Waals surface area contributed by atoms with Crippen LogP contribution in [0.25, 0.3) is 0 Å². The van der Waals surface area contributed by atoms with Gasteiger partial charge in [-0.1, -0.05) is 18.2 Å². The molecule has 0 aliphatic rings. The highest BCUT2D eigenvalue weighted by Gasteiger charge is 2.03. The third kappa shape index (κ3) is 5.02. The molecule has 0 aromatic heterocycles. The van der Waals surface area contributed by atoms with Gasteiger partial charge in [0.2, 0.25) is 0 Å². The lowest BCUT2D eigenvalue weighted by Gasteiger charge is -2.08. The Hall–Kier alpha value is -1.55. The van der Waals surface area contributed by atoms with Crippen molar-refractivity contribution in [2.24, 2.45) is 0 Å². The Morgan fingerprint density at radius 2 is 2.13 bits per heavy atom. The van der Waals surface area contributed by atoms with E-state index < -0.39 is 6.10 Å². The first-order valence-electron chi connectivity index (χ1n) is 4.81. The molecule has 0 fully saturated rings. The van der Waals surface area contributed by atoms with Crippen molar-refractivity contribution >= 4 is 5.91 Å². The number of hydrogen-bond donors (Lipinski definition) is 2. The molecule has 1 unspecified atom stereocenters. The van der Waals surface area contributed by atoms with Gasteiger partial charge >= 0.3 is 0 Å². The lowest BCUT2D eigenvalue weighted by Crippen LogP contribution is -2.34. The topological polar surface area (TPSA) is 58.6 Å².